The molecule has 1 aromatic heterocycles. The molecule has 0 saturated heterocycles. The van der Waals surface area contributed by atoms with Crippen LogP contribution in [0.5, 0.6) is 5.75 Å². The molecule has 6 nitrogen and oxygen atoms in total. The van der Waals surface area contributed by atoms with Crippen LogP contribution < -0.4 is 19.6 Å². The fourth-order valence-corrected chi connectivity index (χ4v) is 6.47. The molecule has 0 radical (unpaired) electrons. The molecule has 2 heterocycles. The van der Waals surface area contributed by atoms with Gasteiger partial charge in [0.1, 0.15) is 12.4 Å². The summed E-state index contributed by atoms with van der Waals surface area (Å²) in [6, 6.07) is 10.1. The minimum Gasteiger partial charge on any atom is -0.487 e. The van der Waals surface area contributed by atoms with Crippen LogP contribution in [0.4, 0.5) is 0 Å². The fourth-order valence-electron chi connectivity index (χ4n) is 3.85. The number of carbonyl (C=O) groups is 1. The van der Waals surface area contributed by atoms with Gasteiger partial charge in [0.2, 0.25) is 0 Å². The summed E-state index contributed by atoms with van der Waals surface area (Å²) in [4.78, 5) is 31.7. The Labute approximate surface area is 233 Å². The Morgan fingerprint density at radius 2 is 1.92 bits per heavy atom. The summed E-state index contributed by atoms with van der Waals surface area (Å²) in [6.45, 7) is 7.74. The van der Waals surface area contributed by atoms with E-state index in [-0.39, 0.29) is 12.2 Å². The lowest BCUT2D eigenvalue weighted by Crippen LogP contribution is -2.39. The maximum Gasteiger partial charge on any atom is 0.338 e. The number of ether oxygens (including phenoxy) is 2. The Hall–Kier alpha value is -2.46. The lowest BCUT2D eigenvalue weighted by atomic mass is 9.96. The third-order valence-electron chi connectivity index (χ3n) is 5.37. The summed E-state index contributed by atoms with van der Waals surface area (Å²) in [5, 5.41) is 0.557. The van der Waals surface area contributed by atoms with Gasteiger partial charge < -0.3 is 9.47 Å². The predicted octanol–water partition coefficient (Wildman–Crippen LogP) is 5.54. The predicted molar refractivity (Wildman–Crippen MR) is 149 cm³/mol. The summed E-state index contributed by atoms with van der Waals surface area (Å²) in [5.74, 6) is 0.141. The zero-order valence-corrected chi connectivity index (χ0v) is 24.1. The highest BCUT2D eigenvalue weighted by atomic mass is 79.9. The number of nitrogens with zero attached hydrogens (tertiary/aromatic N) is 2. The van der Waals surface area contributed by atoms with E-state index < -0.39 is 12.0 Å². The maximum absolute atomic E-state index is 13.7. The normalized spacial score (nSPS) is 15.4. The smallest absolute Gasteiger partial charge is 0.338 e. The van der Waals surface area contributed by atoms with Gasteiger partial charge in [0, 0.05) is 5.02 Å². The molecule has 1 aliphatic heterocycles. The van der Waals surface area contributed by atoms with Crippen molar-refractivity contribution in [1.82, 2.24) is 4.57 Å². The Morgan fingerprint density at radius 1 is 1.25 bits per heavy atom. The van der Waals surface area contributed by atoms with Crippen LogP contribution in [-0.2, 0) is 9.53 Å². The Kier molecular flexibility index (Phi) is 8.34. The standard InChI is InChI=1S/C26H21Br2ClN2O4S/c1-4-10-35-23-18(27)11-15(12-19(23)28)13-20-24(32)31-22(16-6-8-17(29)9-7-16)21(25(33)34-5-2)14(3)30-26(31)36-20/h4,6-9,11-13,22H,1,5,10H2,2-3H3/t22-/m1/s1. The number of fused-ring (bicyclic) bond motifs is 1. The monoisotopic (exact) mass is 650 g/mol. The van der Waals surface area contributed by atoms with E-state index in [1.54, 1.807) is 54.8 Å². The van der Waals surface area contributed by atoms with Crippen LogP contribution in [0, 0.1) is 0 Å². The topological polar surface area (TPSA) is 69.9 Å². The second kappa shape index (κ2) is 11.3. The van der Waals surface area contributed by atoms with E-state index >= 15 is 0 Å². The van der Waals surface area contributed by atoms with Crippen LogP contribution in [0.25, 0.3) is 6.08 Å². The molecule has 0 unspecified atom stereocenters. The van der Waals surface area contributed by atoms with Crippen molar-refractivity contribution in [3.8, 4) is 5.75 Å². The van der Waals surface area contributed by atoms with Gasteiger partial charge in [-0.15, -0.1) is 0 Å². The molecule has 3 aromatic rings. The minimum absolute atomic E-state index is 0.212. The number of esters is 1. The SMILES string of the molecule is C=CCOc1c(Br)cc(C=c2sc3n(c2=O)[C@H](c2ccc(Cl)cc2)C(C(=O)OCC)=C(C)N=3)cc1Br. The number of hydrogen-bond donors (Lipinski definition) is 0. The maximum atomic E-state index is 13.7. The van der Waals surface area contributed by atoms with Gasteiger partial charge in [-0.1, -0.05) is 47.7 Å². The first kappa shape index (κ1) is 26.6. The number of carbonyl (C=O) groups excluding carboxylic acids is 1. The van der Waals surface area contributed by atoms with Gasteiger partial charge in [-0.05, 0) is 87.2 Å². The number of thiazole rings is 1. The zero-order chi connectivity index (χ0) is 26.0. The summed E-state index contributed by atoms with van der Waals surface area (Å²) < 4.78 is 14.5. The first-order chi connectivity index (χ1) is 17.2. The molecule has 0 N–H and O–H groups in total. The quantitative estimate of drug-likeness (QED) is 0.248. The van der Waals surface area contributed by atoms with Crippen molar-refractivity contribution in [2.45, 2.75) is 19.9 Å². The lowest BCUT2D eigenvalue weighted by Gasteiger charge is -2.24. The first-order valence-corrected chi connectivity index (χ1v) is 13.7. The second-order valence-corrected chi connectivity index (χ2v) is 10.9. The molecule has 36 heavy (non-hydrogen) atoms. The van der Waals surface area contributed by atoms with Gasteiger partial charge in [0.05, 0.1) is 37.4 Å². The van der Waals surface area contributed by atoms with E-state index in [1.807, 2.05) is 12.1 Å². The molecule has 1 aliphatic rings. The van der Waals surface area contributed by atoms with Gasteiger partial charge >= 0.3 is 5.97 Å². The lowest BCUT2D eigenvalue weighted by molar-refractivity contribution is -0.139. The summed E-state index contributed by atoms with van der Waals surface area (Å²) in [6.07, 6.45) is 3.45. The molecule has 0 spiro atoms. The highest BCUT2D eigenvalue weighted by Crippen LogP contribution is 2.35. The van der Waals surface area contributed by atoms with E-state index in [4.69, 9.17) is 21.1 Å². The van der Waals surface area contributed by atoms with Gasteiger partial charge in [-0.25, -0.2) is 9.79 Å². The van der Waals surface area contributed by atoms with Crippen molar-refractivity contribution in [3.05, 3.63) is 105 Å². The fraction of sp³-hybridized carbons (Fsp3) is 0.192. The molecular formula is C26H21Br2ClN2O4S. The van der Waals surface area contributed by atoms with Crippen LogP contribution in [0.3, 0.4) is 0 Å². The van der Waals surface area contributed by atoms with E-state index in [0.29, 0.717) is 38.0 Å². The van der Waals surface area contributed by atoms with Crippen molar-refractivity contribution in [3.63, 3.8) is 0 Å². The third kappa shape index (κ3) is 5.29. The van der Waals surface area contributed by atoms with E-state index in [9.17, 15) is 9.59 Å². The summed E-state index contributed by atoms with van der Waals surface area (Å²) in [7, 11) is 0. The number of rotatable bonds is 7. The Balaban J connectivity index is 1.89. The largest absolute Gasteiger partial charge is 0.487 e. The zero-order valence-electron chi connectivity index (χ0n) is 19.4. The van der Waals surface area contributed by atoms with Crippen LogP contribution in [-0.4, -0.2) is 23.8 Å². The molecule has 186 valence electrons. The molecule has 2 aromatic carbocycles. The molecular weight excluding hydrogens is 632 g/mol. The molecule has 0 bridgehead atoms. The van der Waals surface area contributed by atoms with Gasteiger partial charge in [0.25, 0.3) is 5.56 Å². The van der Waals surface area contributed by atoms with E-state index in [1.165, 1.54) is 11.3 Å². The van der Waals surface area contributed by atoms with Crippen molar-refractivity contribution in [1.29, 1.82) is 0 Å². The number of aromatic nitrogens is 1. The molecule has 10 heteroatoms. The Morgan fingerprint density at radius 3 is 2.53 bits per heavy atom. The third-order valence-corrected chi connectivity index (χ3v) is 7.78. The van der Waals surface area contributed by atoms with Crippen molar-refractivity contribution >= 4 is 66.8 Å². The highest BCUT2D eigenvalue weighted by Gasteiger charge is 2.33. The average Bonchev–Trinajstić information content (AvgIpc) is 3.12. The van der Waals surface area contributed by atoms with Gasteiger partial charge in [0.15, 0.2) is 4.80 Å². The number of allylic oxidation sites excluding steroid dienone is 1. The molecule has 1 atom stereocenters. The molecule has 0 aliphatic carbocycles. The second-order valence-electron chi connectivity index (χ2n) is 7.77. The molecule has 0 fully saturated rings. The number of hydrogen-bond acceptors (Lipinski definition) is 6. The van der Waals surface area contributed by atoms with Crippen LogP contribution in [0.1, 0.15) is 31.0 Å². The average molecular weight is 653 g/mol. The van der Waals surface area contributed by atoms with Crippen LogP contribution >= 0.6 is 54.8 Å². The van der Waals surface area contributed by atoms with Crippen LogP contribution in [0.2, 0.25) is 5.02 Å². The van der Waals surface area contributed by atoms with Crippen LogP contribution in [0.15, 0.2) is 79.1 Å². The van der Waals surface area contributed by atoms with Crippen molar-refractivity contribution in [2.24, 2.45) is 4.99 Å². The van der Waals surface area contributed by atoms with Gasteiger partial charge in [-0.2, -0.15) is 0 Å². The summed E-state index contributed by atoms with van der Waals surface area (Å²) in [5.41, 5.74) is 2.10. The number of benzene rings is 2. The van der Waals surface area contributed by atoms with Crippen molar-refractivity contribution < 1.29 is 14.3 Å². The Bertz CT molecular complexity index is 1530. The van der Waals surface area contributed by atoms with E-state index in [2.05, 4.69) is 43.4 Å². The molecule has 0 saturated carbocycles. The minimum atomic E-state index is -0.687. The highest BCUT2D eigenvalue weighted by molar-refractivity contribution is 9.11. The van der Waals surface area contributed by atoms with Gasteiger partial charge in [-0.3, -0.25) is 9.36 Å². The number of halogens is 3. The first-order valence-electron chi connectivity index (χ1n) is 10.9. The molecule has 0 amide bonds. The molecule has 4 rings (SSSR count). The van der Waals surface area contributed by atoms with E-state index in [0.717, 1.165) is 20.1 Å². The van der Waals surface area contributed by atoms with Crippen molar-refractivity contribution in [2.75, 3.05) is 13.2 Å². The summed E-state index contributed by atoms with van der Waals surface area (Å²) >= 11 is 14.4.